The molecule has 0 spiro atoms. The highest BCUT2D eigenvalue weighted by Gasteiger charge is 2.31. The van der Waals surface area contributed by atoms with E-state index in [2.05, 4.69) is 48.5 Å². The van der Waals surface area contributed by atoms with Crippen LogP contribution in [-0.4, -0.2) is 0 Å². The monoisotopic (exact) mass is 521 g/mol. The van der Waals surface area contributed by atoms with Crippen molar-refractivity contribution in [2.45, 2.75) is 215 Å². The molecule has 0 rings (SSSR count). The van der Waals surface area contributed by atoms with Crippen LogP contribution >= 0.6 is 0 Å². The summed E-state index contributed by atoms with van der Waals surface area (Å²) in [6, 6.07) is 0. The van der Waals surface area contributed by atoms with E-state index in [1.165, 1.54) is 167 Å². The van der Waals surface area contributed by atoms with Crippen LogP contribution in [0.15, 0.2) is 0 Å². The van der Waals surface area contributed by atoms with Crippen LogP contribution in [0.4, 0.5) is 0 Å². The van der Waals surface area contributed by atoms with Gasteiger partial charge in [0.15, 0.2) is 0 Å². The third-order valence-corrected chi connectivity index (χ3v) is 9.00. The molecule has 0 saturated carbocycles. The second-order valence-corrected chi connectivity index (χ2v) is 14.4. The van der Waals surface area contributed by atoms with E-state index >= 15 is 0 Å². The summed E-state index contributed by atoms with van der Waals surface area (Å²) < 4.78 is 0. The van der Waals surface area contributed by atoms with Crippen molar-refractivity contribution in [1.29, 1.82) is 0 Å². The zero-order valence-corrected chi connectivity index (χ0v) is 27.6. The molecule has 0 aliphatic carbocycles. The molecule has 2 atom stereocenters. The molecule has 0 aromatic heterocycles. The highest BCUT2D eigenvalue weighted by molar-refractivity contribution is 4.81. The molecule has 0 aromatic carbocycles. The lowest BCUT2D eigenvalue weighted by Crippen LogP contribution is -2.29. The molecule has 0 aromatic rings. The van der Waals surface area contributed by atoms with Gasteiger partial charge in [0.05, 0.1) is 0 Å². The van der Waals surface area contributed by atoms with Crippen molar-refractivity contribution in [1.82, 2.24) is 0 Å². The standard InChI is InChI=1S/C37H76/c1-8-10-12-14-16-18-20-22-24-26-28-30-32-36(37(5,6)7)35(33-34(3)4)31-29-27-25-23-21-19-17-15-13-11-9-2/h34-36H,8-33H2,1-7H3. The van der Waals surface area contributed by atoms with Crippen molar-refractivity contribution < 1.29 is 0 Å². The van der Waals surface area contributed by atoms with E-state index in [1.54, 1.807) is 0 Å². The van der Waals surface area contributed by atoms with Crippen molar-refractivity contribution >= 4 is 0 Å². The Balaban J connectivity index is 4.15. The zero-order chi connectivity index (χ0) is 27.6. The van der Waals surface area contributed by atoms with Crippen LogP contribution in [0.2, 0.25) is 0 Å². The van der Waals surface area contributed by atoms with Gasteiger partial charge in [0.1, 0.15) is 0 Å². The fourth-order valence-corrected chi connectivity index (χ4v) is 6.74. The molecule has 0 amide bonds. The van der Waals surface area contributed by atoms with Crippen LogP contribution in [0, 0.1) is 23.2 Å². The molecule has 224 valence electrons. The average Bonchev–Trinajstić information content (AvgIpc) is 2.84. The van der Waals surface area contributed by atoms with E-state index in [0.29, 0.717) is 5.41 Å². The zero-order valence-electron chi connectivity index (χ0n) is 27.6. The van der Waals surface area contributed by atoms with E-state index in [1.807, 2.05) is 0 Å². The fourth-order valence-electron chi connectivity index (χ4n) is 6.74. The summed E-state index contributed by atoms with van der Waals surface area (Å²) in [6.45, 7) is 17.1. The molecule has 0 heterocycles. The first kappa shape index (κ1) is 37.0. The molecular weight excluding hydrogens is 444 g/mol. The minimum Gasteiger partial charge on any atom is -0.0654 e. The average molecular weight is 521 g/mol. The lowest BCUT2D eigenvalue weighted by atomic mass is 9.67. The number of hydrogen-bond donors (Lipinski definition) is 0. The van der Waals surface area contributed by atoms with Gasteiger partial charge in [0.25, 0.3) is 0 Å². The smallest absolute Gasteiger partial charge is 0.0337 e. The SMILES string of the molecule is CCCCCCCCCCCCCCC(C(CCCCCCCCCCCCC)CC(C)C)C(C)(C)C. The molecule has 0 aliphatic heterocycles. The van der Waals surface area contributed by atoms with Gasteiger partial charge in [-0.3, -0.25) is 0 Å². The Kier molecular flexibility index (Phi) is 26.2. The molecule has 0 heteroatoms. The van der Waals surface area contributed by atoms with E-state index in [4.69, 9.17) is 0 Å². The Hall–Kier alpha value is 0. The van der Waals surface area contributed by atoms with Crippen molar-refractivity contribution in [3.05, 3.63) is 0 Å². The van der Waals surface area contributed by atoms with E-state index in [-0.39, 0.29) is 0 Å². The van der Waals surface area contributed by atoms with Gasteiger partial charge in [0, 0.05) is 0 Å². The first-order valence-corrected chi connectivity index (χ1v) is 17.8. The first-order valence-electron chi connectivity index (χ1n) is 17.8. The molecule has 0 fully saturated rings. The highest BCUT2D eigenvalue weighted by Crippen LogP contribution is 2.41. The predicted molar refractivity (Wildman–Crippen MR) is 173 cm³/mol. The van der Waals surface area contributed by atoms with Gasteiger partial charge in [-0.2, -0.15) is 0 Å². The minimum absolute atomic E-state index is 0.453. The normalized spacial score (nSPS) is 13.9. The maximum absolute atomic E-state index is 2.53. The maximum atomic E-state index is 2.53. The van der Waals surface area contributed by atoms with Gasteiger partial charge in [-0.1, -0.05) is 203 Å². The molecule has 0 bridgehead atoms. The summed E-state index contributed by atoms with van der Waals surface area (Å²) in [4.78, 5) is 0. The van der Waals surface area contributed by atoms with Crippen LogP contribution in [0.25, 0.3) is 0 Å². The summed E-state index contributed by atoms with van der Waals surface area (Å²) in [5.41, 5.74) is 0.453. The van der Waals surface area contributed by atoms with Gasteiger partial charge in [0.2, 0.25) is 0 Å². The lowest BCUT2D eigenvalue weighted by Gasteiger charge is -2.38. The fraction of sp³-hybridized carbons (Fsp3) is 1.00. The topological polar surface area (TPSA) is 0 Å². The Labute approximate surface area is 238 Å². The van der Waals surface area contributed by atoms with Crippen molar-refractivity contribution in [3.63, 3.8) is 0 Å². The molecule has 0 aliphatic rings. The van der Waals surface area contributed by atoms with E-state index in [9.17, 15) is 0 Å². The van der Waals surface area contributed by atoms with Gasteiger partial charge in [-0.05, 0) is 36.0 Å². The van der Waals surface area contributed by atoms with Crippen LogP contribution in [-0.2, 0) is 0 Å². The van der Waals surface area contributed by atoms with Crippen LogP contribution in [0.3, 0.4) is 0 Å². The maximum Gasteiger partial charge on any atom is -0.0337 e. The predicted octanol–water partition coefficient (Wildman–Crippen LogP) is 14.1. The Morgan fingerprint density at radius 3 is 1.00 bits per heavy atom. The van der Waals surface area contributed by atoms with Crippen LogP contribution in [0.5, 0.6) is 0 Å². The number of rotatable bonds is 28. The van der Waals surface area contributed by atoms with E-state index in [0.717, 1.165) is 17.8 Å². The van der Waals surface area contributed by atoms with E-state index < -0.39 is 0 Å². The molecule has 2 unspecified atom stereocenters. The van der Waals surface area contributed by atoms with Gasteiger partial charge in [-0.25, -0.2) is 0 Å². The lowest BCUT2D eigenvalue weighted by molar-refractivity contribution is 0.116. The third kappa shape index (κ3) is 24.8. The largest absolute Gasteiger partial charge is 0.0654 e. The molecule has 37 heavy (non-hydrogen) atoms. The highest BCUT2D eigenvalue weighted by atomic mass is 14.4. The first-order chi connectivity index (χ1) is 17.8. The van der Waals surface area contributed by atoms with Crippen LogP contribution in [0.1, 0.15) is 215 Å². The van der Waals surface area contributed by atoms with Crippen LogP contribution < -0.4 is 0 Å². The Morgan fingerprint density at radius 2 is 0.703 bits per heavy atom. The van der Waals surface area contributed by atoms with Crippen molar-refractivity contribution in [2.75, 3.05) is 0 Å². The molecular formula is C37H76. The molecule has 0 N–H and O–H groups in total. The van der Waals surface area contributed by atoms with Gasteiger partial charge in [-0.15, -0.1) is 0 Å². The number of unbranched alkanes of at least 4 members (excludes halogenated alkanes) is 21. The molecule has 0 nitrogen and oxygen atoms in total. The number of hydrogen-bond acceptors (Lipinski definition) is 0. The molecule has 0 radical (unpaired) electrons. The van der Waals surface area contributed by atoms with Crippen molar-refractivity contribution in [2.24, 2.45) is 23.2 Å². The summed E-state index contributed by atoms with van der Waals surface area (Å²) in [7, 11) is 0. The summed E-state index contributed by atoms with van der Waals surface area (Å²) >= 11 is 0. The third-order valence-electron chi connectivity index (χ3n) is 9.00. The van der Waals surface area contributed by atoms with Gasteiger partial charge < -0.3 is 0 Å². The quantitative estimate of drug-likeness (QED) is 0.0899. The Morgan fingerprint density at radius 1 is 0.405 bits per heavy atom. The minimum atomic E-state index is 0.453. The second kappa shape index (κ2) is 26.2. The summed E-state index contributed by atoms with van der Waals surface area (Å²) in [5, 5.41) is 0. The Bertz CT molecular complexity index is 428. The molecule has 0 saturated heterocycles. The summed E-state index contributed by atoms with van der Waals surface area (Å²) in [5.74, 6) is 2.68. The van der Waals surface area contributed by atoms with Crippen molar-refractivity contribution in [3.8, 4) is 0 Å². The second-order valence-electron chi connectivity index (χ2n) is 14.4. The van der Waals surface area contributed by atoms with Gasteiger partial charge >= 0.3 is 0 Å². The summed E-state index contributed by atoms with van der Waals surface area (Å²) in [6.07, 6.45) is 38.0.